The van der Waals surface area contributed by atoms with E-state index in [9.17, 15) is 0 Å². The minimum atomic E-state index is 0.189. The molecule has 2 N–H and O–H groups in total. The summed E-state index contributed by atoms with van der Waals surface area (Å²) in [6.45, 7) is 8.27. The van der Waals surface area contributed by atoms with Crippen molar-refractivity contribution in [1.82, 2.24) is 0 Å². The van der Waals surface area contributed by atoms with Crippen LogP contribution in [0, 0.1) is 0 Å². The summed E-state index contributed by atoms with van der Waals surface area (Å²) >= 11 is 6.05. The zero-order chi connectivity index (χ0) is 19.3. The second kappa shape index (κ2) is 8.49. The maximum Gasteiger partial charge on any atom is 0.0409 e. The van der Waals surface area contributed by atoms with E-state index < -0.39 is 0 Å². The molecule has 0 fully saturated rings. The van der Waals surface area contributed by atoms with Crippen LogP contribution in [-0.2, 0) is 18.5 Å². The Labute approximate surface area is 167 Å². The van der Waals surface area contributed by atoms with Crippen molar-refractivity contribution in [3.8, 4) is 0 Å². The molecule has 0 radical (unpaired) electrons. The summed E-state index contributed by atoms with van der Waals surface area (Å²) in [5.74, 6) is 0. The third-order valence-electron chi connectivity index (χ3n) is 4.56. The number of nitrogens with one attached hydrogen (secondary N) is 2. The predicted molar refractivity (Wildman–Crippen MR) is 118 cm³/mol. The lowest BCUT2D eigenvalue weighted by atomic mass is 9.87. The predicted octanol–water partition coefficient (Wildman–Crippen LogP) is 6.86. The molecule has 3 rings (SSSR count). The fraction of sp³-hybridized carbons (Fsp3) is 0.250. The molecule has 0 atom stereocenters. The van der Waals surface area contributed by atoms with Gasteiger partial charge in [0, 0.05) is 29.5 Å². The molecule has 3 aromatic rings. The Balaban J connectivity index is 1.57. The second-order valence-corrected chi connectivity index (χ2v) is 8.30. The lowest BCUT2D eigenvalue weighted by Gasteiger charge is -2.19. The van der Waals surface area contributed by atoms with E-state index >= 15 is 0 Å². The van der Waals surface area contributed by atoms with Gasteiger partial charge in [0.25, 0.3) is 0 Å². The highest BCUT2D eigenvalue weighted by Gasteiger charge is 2.12. The highest BCUT2D eigenvalue weighted by atomic mass is 35.5. The van der Waals surface area contributed by atoms with Crippen molar-refractivity contribution in [2.24, 2.45) is 0 Å². The van der Waals surface area contributed by atoms with Gasteiger partial charge in [-0.2, -0.15) is 0 Å². The Morgan fingerprint density at radius 2 is 1.30 bits per heavy atom. The molecule has 3 aromatic carbocycles. The fourth-order valence-electron chi connectivity index (χ4n) is 2.92. The maximum atomic E-state index is 6.05. The first kappa shape index (κ1) is 19.3. The largest absolute Gasteiger partial charge is 0.381 e. The molecule has 0 saturated heterocycles. The molecule has 0 amide bonds. The van der Waals surface area contributed by atoms with Crippen molar-refractivity contribution in [3.63, 3.8) is 0 Å². The van der Waals surface area contributed by atoms with E-state index in [2.05, 4.69) is 86.0 Å². The van der Waals surface area contributed by atoms with Crippen LogP contribution < -0.4 is 10.6 Å². The summed E-state index contributed by atoms with van der Waals surface area (Å²) < 4.78 is 0. The van der Waals surface area contributed by atoms with Gasteiger partial charge in [0.15, 0.2) is 0 Å². The van der Waals surface area contributed by atoms with Gasteiger partial charge in [-0.3, -0.25) is 0 Å². The Hall–Kier alpha value is -2.45. The molecule has 0 aliphatic heterocycles. The summed E-state index contributed by atoms with van der Waals surface area (Å²) in [5, 5.41) is 7.72. The van der Waals surface area contributed by atoms with Gasteiger partial charge < -0.3 is 10.6 Å². The SMILES string of the molecule is CC(C)(C)c1ccc(CNc2cccc(NCc3cccc(Cl)c3)c2)cc1. The molecule has 0 bridgehead atoms. The summed E-state index contributed by atoms with van der Waals surface area (Å²) in [7, 11) is 0. The van der Waals surface area contributed by atoms with Crippen molar-refractivity contribution in [3.05, 3.63) is 94.5 Å². The summed E-state index contributed by atoms with van der Waals surface area (Å²) in [6, 6.07) is 25.1. The van der Waals surface area contributed by atoms with Crippen molar-refractivity contribution >= 4 is 23.0 Å². The number of rotatable bonds is 6. The van der Waals surface area contributed by atoms with E-state index in [0.29, 0.717) is 0 Å². The van der Waals surface area contributed by atoms with E-state index in [1.807, 2.05) is 18.2 Å². The van der Waals surface area contributed by atoms with Crippen molar-refractivity contribution in [2.45, 2.75) is 39.3 Å². The molecular weight excluding hydrogens is 352 g/mol. The quantitative estimate of drug-likeness (QED) is 0.489. The maximum absolute atomic E-state index is 6.05. The van der Waals surface area contributed by atoms with Gasteiger partial charge in [-0.05, 0) is 52.4 Å². The highest BCUT2D eigenvalue weighted by Crippen LogP contribution is 2.23. The third-order valence-corrected chi connectivity index (χ3v) is 4.80. The number of hydrogen-bond donors (Lipinski definition) is 2. The summed E-state index contributed by atoms with van der Waals surface area (Å²) in [6.07, 6.45) is 0. The van der Waals surface area contributed by atoms with Gasteiger partial charge in [-0.25, -0.2) is 0 Å². The van der Waals surface area contributed by atoms with E-state index in [0.717, 1.165) is 29.5 Å². The van der Waals surface area contributed by atoms with Crippen LogP contribution >= 0.6 is 11.6 Å². The van der Waals surface area contributed by atoms with Crippen LogP contribution in [0.2, 0.25) is 5.02 Å². The smallest absolute Gasteiger partial charge is 0.0409 e. The van der Waals surface area contributed by atoms with Crippen LogP contribution in [0.5, 0.6) is 0 Å². The molecule has 0 aromatic heterocycles. The van der Waals surface area contributed by atoms with Crippen LogP contribution in [0.25, 0.3) is 0 Å². The average Bonchev–Trinajstić information content (AvgIpc) is 2.65. The molecule has 0 saturated carbocycles. The van der Waals surface area contributed by atoms with E-state index in [1.165, 1.54) is 16.7 Å². The fourth-order valence-corrected chi connectivity index (χ4v) is 3.13. The highest BCUT2D eigenvalue weighted by molar-refractivity contribution is 6.30. The first-order valence-corrected chi connectivity index (χ1v) is 9.70. The Kier molecular flexibility index (Phi) is 6.08. The first-order chi connectivity index (χ1) is 12.9. The molecule has 140 valence electrons. The van der Waals surface area contributed by atoms with Crippen molar-refractivity contribution in [1.29, 1.82) is 0 Å². The normalized spacial score (nSPS) is 11.3. The monoisotopic (exact) mass is 378 g/mol. The van der Waals surface area contributed by atoms with E-state index in [-0.39, 0.29) is 5.41 Å². The lowest BCUT2D eigenvalue weighted by molar-refractivity contribution is 0.590. The molecule has 0 aliphatic rings. The van der Waals surface area contributed by atoms with Gasteiger partial charge in [0.05, 0.1) is 0 Å². The molecule has 3 heteroatoms. The standard InChI is InChI=1S/C24H27ClN2/c1-24(2,3)20-12-10-18(11-13-20)16-26-22-8-5-9-23(15-22)27-17-19-6-4-7-21(25)14-19/h4-15,26-27H,16-17H2,1-3H3. The Morgan fingerprint density at radius 1 is 0.704 bits per heavy atom. The van der Waals surface area contributed by atoms with Crippen LogP contribution in [0.3, 0.4) is 0 Å². The number of benzene rings is 3. The third kappa shape index (κ3) is 5.77. The average molecular weight is 379 g/mol. The number of anilines is 2. The molecule has 0 aliphatic carbocycles. The zero-order valence-electron chi connectivity index (χ0n) is 16.2. The van der Waals surface area contributed by atoms with Crippen LogP contribution in [-0.4, -0.2) is 0 Å². The van der Waals surface area contributed by atoms with Crippen LogP contribution in [0.1, 0.15) is 37.5 Å². The molecule has 0 unspecified atom stereocenters. The van der Waals surface area contributed by atoms with E-state index in [1.54, 1.807) is 0 Å². The zero-order valence-corrected chi connectivity index (χ0v) is 17.0. The first-order valence-electron chi connectivity index (χ1n) is 9.32. The van der Waals surface area contributed by atoms with Gasteiger partial charge >= 0.3 is 0 Å². The summed E-state index contributed by atoms with van der Waals surface area (Å²) in [5.41, 5.74) is 6.18. The van der Waals surface area contributed by atoms with Crippen molar-refractivity contribution < 1.29 is 0 Å². The molecular formula is C24H27ClN2. The number of halogens is 1. The van der Waals surface area contributed by atoms with Crippen LogP contribution in [0.15, 0.2) is 72.8 Å². The van der Waals surface area contributed by atoms with Gasteiger partial charge in [0.1, 0.15) is 0 Å². The van der Waals surface area contributed by atoms with Crippen molar-refractivity contribution in [2.75, 3.05) is 10.6 Å². The van der Waals surface area contributed by atoms with Gasteiger partial charge in [0.2, 0.25) is 0 Å². The second-order valence-electron chi connectivity index (χ2n) is 7.86. The minimum Gasteiger partial charge on any atom is -0.381 e. The van der Waals surface area contributed by atoms with E-state index in [4.69, 9.17) is 11.6 Å². The Morgan fingerprint density at radius 3 is 1.89 bits per heavy atom. The molecule has 0 spiro atoms. The minimum absolute atomic E-state index is 0.189. The molecule has 27 heavy (non-hydrogen) atoms. The number of hydrogen-bond acceptors (Lipinski definition) is 2. The molecule has 0 heterocycles. The lowest BCUT2D eigenvalue weighted by Crippen LogP contribution is -2.11. The topological polar surface area (TPSA) is 24.1 Å². The summed E-state index contributed by atoms with van der Waals surface area (Å²) in [4.78, 5) is 0. The Bertz CT molecular complexity index is 879. The van der Waals surface area contributed by atoms with Crippen LogP contribution in [0.4, 0.5) is 11.4 Å². The van der Waals surface area contributed by atoms with Gasteiger partial charge in [-0.1, -0.05) is 74.8 Å². The van der Waals surface area contributed by atoms with Gasteiger partial charge in [-0.15, -0.1) is 0 Å². The molecule has 2 nitrogen and oxygen atoms in total.